The summed E-state index contributed by atoms with van der Waals surface area (Å²) in [5.74, 6) is -1.09. The number of hydrogen-bond acceptors (Lipinski definition) is 2. The van der Waals surface area contributed by atoms with Crippen molar-refractivity contribution in [2.24, 2.45) is 0 Å². The molecule has 100 valence electrons. The van der Waals surface area contributed by atoms with Gasteiger partial charge in [0.2, 0.25) is 0 Å². The fourth-order valence-corrected chi connectivity index (χ4v) is 2.14. The van der Waals surface area contributed by atoms with Crippen LogP contribution in [-0.4, -0.2) is 4.98 Å². The van der Waals surface area contributed by atoms with E-state index in [4.69, 9.17) is 0 Å². The number of hydrogen-bond donors (Lipinski definition) is 1. The van der Waals surface area contributed by atoms with Crippen LogP contribution in [0, 0.1) is 11.6 Å². The lowest BCUT2D eigenvalue weighted by Crippen LogP contribution is -2.04. The molecule has 0 amide bonds. The number of fused-ring (bicyclic) bond motifs is 1. The highest BCUT2D eigenvalue weighted by atomic mass is 19.1. The van der Waals surface area contributed by atoms with Crippen LogP contribution in [0.3, 0.4) is 0 Å². The first-order valence-electron chi connectivity index (χ1n) is 6.26. The maximum atomic E-state index is 13.6. The zero-order chi connectivity index (χ0) is 13.9. The number of anilines is 1. The maximum absolute atomic E-state index is 13.6. The van der Waals surface area contributed by atoms with Crippen molar-refractivity contribution in [2.75, 3.05) is 5.32 Å². The summed E-state index contributed by atoms with van der Waals surface area (Å²) in [4.78, 5) is 4.24. The molecule has 1 heterocycles. The van der Waals surface area contributed by atoms with Crippen LogP contribution in [0.25, 0.3) is 10.9 Å². The molecule has 0 atom stereocenters. The Balaban J connectivity index is 1.91. The van der Waals surface area contributed by atoms with Crippen LogP contribution < -0.4 is 5.32 Å². The second kappa shape index (κ2) is 5.25. The van der Waals surface area contributed by atoms with Gasteiger partial charge in [0.05, 0.1) is 5.52 Å². The van der Waals surface area contributed by atoms with Gasteiger partial charge in [-0.25, -0.2) is 8.78 Å². The molecule has 3 rings (SSSR count). The van der Waals surface area contributed by atoms with Crippen molar-refractivity contribution in [1.29, 1.82) is 0 Å². The Kier molecular flexibility index (Phi) is 3.29. The summed E-state index contributed by atoms with van der Waals surface area (Å²) in [5.41, 5.74) is 1.68. The number of pyridine rings is 1. The maximum Gasteiger partial charge on any atom is 0.131 e. The molecule has 1 N–H and O–H groups in total. The highest BCUT2D eigenvalue weighted by molar-refractivity contribution is 5.91. The lowest BCUT2D eigenvalue weighted by atomic mass is 10.1. The SMILES string of the molecule is Fc1cccc(F)c1CNc1cccc2ncccc12. The Hall–Kier alpha value is -2.49. The van der Waals surface area contributed by atoms with Crippen molar-refractivity contribution in [1.82, 2.24) is 4.98 Å². The smallest absolute Gasteiger partial charge is 0.131 e. The fraction of sp³-hybridized carbons (Fsp3) is 0.0625. The van der Waals surface area contributed by atoms with E-state index in [1.807, 2.05) is 30.3 Å². The number of halogens is 2. The van der Waals surface area contributed by atoms with Gasteiger partial charge in [-0.3, -0.25) is 4.98 Å². The van der Waals surface area contributed by atoms with E-state index in [1.165, 1.54) is 18.2 Å². The molecule has 0 saturated heterocycles. The third kappa shape index (κ3) is 2.32. The van der Waals surface area contributed by atoms with Gasteiger partial charge >= 0.3 is 0 Å². The molecule has 2 aromatic carbocycles. The predicted octanol–water partition coefficient (Wildman–Crippen LogP) is 4.13. The van der Waals surface area contributed by atoms with Crippen LogP contribution in [0.4, 0.5) is 14.5 Å². The highest BCUT2D eigenvalue weighted by Crippen LogP contribution is 2.22. The summed E-state index contributed by atoms with van der Waals surface area (Å²) < 4.78 is 27.1. The normalized spacial score (nSPS) is 10.7. The first kappa shape index (κ1) is 12.5. The molecule has 0 aliphatic heterocycles. The quantitative estimate of drug-likeness (QED) is 0.774. The molecule has 0 unspecified atom stereocenters. The second-order valence-electron chi connectivity index (χ2n) is 4.43. The van der Waals surface area contributed by atoms with Gasteiger partial charge in [0.25, 0.3) is 0 Å². The lowest BCUT2D eigenvalue weighted by molar-refractivity contribution is 0.560. The van der Waals surface area contributed by atoms with E-state index in [-0.39, 0.29) is 12.1 Å². The summed E-state index contributed by atoms with van der Waals surface area (Å²) in [6.07, 6.45) is 1.71. The second-order valence-corrected chi connectivity index (χ2v) is 4.43. The number of rotatable bonds is 3. The Morgan fingerprint density at radius 2 is 1.65 bits per heavy atom. The van der Waals surface area contributed by atoms with Gasteiger partial charge in [0, 0.05) is 29.4 Å². The van der Waals surface area contributed by atoms with E-state index in [9.17, 15) is 8.78 Å². The molecular formula is C16H12F2N2. The molecule has 2 nitrogen and oxygen atoms in total. The fourth-order valence-electron chi connectivity index (χ4n) is 2.14. The van der Waals surface area contributed by atoms with E-state index in [0.29, 0.717) is 0 Å². The summed E-state index contributed by atoms with van der Waals surface area (Å²) >= 11 is 0. The van der Waals surface area contributed by atoms with Crippen LogP contribution in [0.15, 0.2) is 54.7 Å². The minimum atomic E-state index is -0.545. The topological polar surface area (TPSA) is 24.9 Å². The molecule has 4 heteroatoms. The van der Waals surface area contributed by atoms with Crippen molar-refractivity contribution in [3.63, 3.8) is 0 Å². The Labute approximate surface area is 115 Å². The van der Waals surface area contributed by atoms with Crippen LogP contribution in [-0.2, 0) is 6.54 Å². The van der Waals surface area contributed by atoms with Crippen LogP contribution in [0.1, 0.15) is 5.56 Å². The summed E-state index contributed by atoms with van der Waals surface area (Å²) in [5, 5.41) is 3.99. The highest BCUT2D eigenvalue weighted by Gasteiger charge is 2.08. The van der Waals surface area contributed by atoms with Gasteiger partial charge in [-0.05, 0) is 36.4 Å². The molecule has 0 radical (unpaired) electrons. The first-order chi connectivity index (χ1) is 9.75. The van der Waals surface area contributed by atoms with Gasteiger partial charge in [-0.2, -0.15) is 0 Å². The molecule has 0 spiro atoms. The molecule has 3 aromatic rings. The van der Waals surface area contributed by atoms with Gasteiger partial charge in [-0.1, -0.05) is 12.1 Å². The van der Waals surface area contributed by atoms with Crippen molar-refractivity contribution < 1.29 is 8.78 Å². The minimum Gasteiger partial charge on any atom is -0.380 e. The molecule has 0 aliphatic carbocycles. The summed E-state index contributed by atoms with van der Waals surface area (Å²) in [6.45, 7) is 0.0898. The van der Waals surface area contributed by atoms with Gasteiger partial charge in [0.15, 0.2) is 0 Å². The van der Waals surface area contributed by atoms with Crippen molar-refractivity contribution in [3.05, 3.63) is 71.9 Å². The Bertz CT molecular complexity index is 731. The predicted molar refractivity (Wildman–Crippen MR) is 75.4 cm³/mol. The van der Waals surface area contributed by atoms with E-state index < -0.39 is 11.6 Å². The van der Waals surface area contributed by atoms with Gasteiger partial charge < -0.3 is 5.32 Å². The number of nitrogens with zero attached hydrogens (tertiary/aromatic N) is 1. The van der Waals surface area contributed by atoms with Gasteiger partial charge in [-0.15, -0.1) is 0 Å². The minimum absolute atomic E-state index is 0.0355. The average molecular weight is 270 g/mol. The first-order valence-corrected chi connectivity index (χ1v) is 6.26. The van der Waals surface area contributed by atoms with Crippen molar-refractivity contribution >= 4 is 16.6 Å². The molecular weight excluding hydrogens is 258 g/mol. The van der Waals surface area contributed by atoms with Gasteiger partial charge in [0.1, 0.15) is 11.6 Å². The van der Waals surface area contributed by atoms with E-state index in [0.717, 1.165) is 16.6 Å². The van der Waals surface area contributed by atoms with E-state index >= 15 is 0 Å². The van der Waals surface area contributed by atoms with Crippen molar-refractivity contribution in [2.45, 2.75) is 6.54 Å². The van der Waals surface area contributed by atoms with Crippen molar-refractivity contribution in [3.8, 4) is 0 Å². The molecule has 0 aliphatic rings. The van der Waals surface area contributed by atoms with E-state index in [1.54, 1.807) is 6.20 Å². The molecule has 20 heavy (non-hydrogen) atoms. The number of aromatic nitrogens is 1. The molecule has 0 saturated carbocycles. The number of nitrogens with one attached hydrogen (secondary N) is 1. The Morgan fingerprint density at radius 3 is 2.45 bits per heavy atom. The monoisotopic (exact) mass is 270 g/mol. The standard InChI is InChI=1S/C16H12F2N2/c17-13-5-1-6-14(18)12(13)10-20-16-8-2-7-15-11(16)4-3-9-19-15/h1-9,20H,10H2. The zero-order valence-corrected chi connectivity index (χ0v) is 10.6. The summed E-state index contributed by atoms with van der Waals surface area (Å²) in [7, 11) is 0. The zero-order valence-electron chi connectivity index (χ0n) is 10.6. The van der Waals surface area contributed by atoms with Crippen LogP contribution in [0.5, 0.6) is 0 Å². The molecule has 0 bridgehead atoms. The molecule has 0 fully saturated rings. The third-order valence-corrected chi connectivity index (χ3v) is 3.16. The van der Waals surface area contributed by atoms with E-state index in [2.05, 4.69) is 10.3 Å². The Morgan fingerprint density at radius 1 is 0.900 bits per heavy atom. The third-order valence-electron chi connectivity index (χ3n) is 3.16. The number of benzene rings is 2. The summed E-state index contributed by atoms with van der Waals surface area (Å²) in [6, 6.07) is 13.2. The van der Waals surface area contributed by atoms with Crippen LogP contribution in [0.2, 0.25) is 0 Å². The molecule has 1 aromatic heterocycles. The van der Waals surface area contributed by atoms with Crippen LogP contribution >= 0.6 is 0 Å². The lowest BCUT2D eigenvalue weighted by Gasteiger charge is -2.10. The average Bonchev–Trinajstić information content (AvgIpc) is 2.47. The largest absolute Gasteiger partial charge is 0.380 e.